The third kappa shape index (κ3) is 1.67. The van der Waals surface area contributed by atoms with Crippen molar-refractivity contribution < 1.29 is 4.39 Å². The number of halogens is 1. The monoisotopic (exact) mass is 193 g/mol. The van der Waals surface area contributed by atoms with Crippen LogP contribution < -0.4 is 5.73 Å². The lowest BCUT2D eigenvalue weighted by Crippen LogP contribution is -2.27. The van der Waals surface area contributed by atoms with Gasteiger partial charge < -0.3 is 5.73 Å². The molecule has 0 aromatic heterocycles. The quantitative estimate of drug-likeness (QED) is 0.767. The molecule has 2 N–H and O–H groups in total. The van der Waals surface area contributed by atoms with E-state index in [2.05, 4.69) is 0 Å². The van der Waals surface area contributed by atoms with Crippen molar-refractivity contribution >= 4 is 0 Å². The summed E-state index contributed by atoms with van der Waals surface area (Å²) >= 11 is 0. The van der Waals surface area contributed by atoms with Crippen molar-refractivity contribution in [2.45, 2.75) is 32.2 Å². The van der Waals surface area contributed by atoms with Gasteiger partial charge in [0, 0.05) is 6.04 Å². The van der Waals surface area contributed by atoms with Crippen molar-refractivity contribution in [1.29, 1.82) is 0 Å². The van der Waals surface area contributed by atoms with Crippen LogP contribution >= 0.6 is 0 Å². The Hall–Kier alpha value is -0.890. The average molecular weight is 193 g/mol. The van der Waals surface area contributed by atoms with E-state index in [-0.39, 0.29) is 11.9 Å². The molecule has 0 saturated heterocycles. The van der Waals surface area contributed by atoms with Gasteiger partial charge in [0.2, 0.25) is 0 Å². The van der Waals surface area contributed by atoms with E-state index in [9.17, 15) is 4.39 Å². The first kappa shape index (κ1) is 9.66. The number of rotatable bonds is 2. The van der Waals surface area contributed by atoms with E-state index in [1.165, 1.54) is 25.3 Å². The molecule has 0 heterocycles. The third-order valence-electron chi connectivity index (χ3n) is 3.25. The zero-order valence-corrected chi connectivity index (χ0v) is 8.46. The van der Waals surface area contributed by atoms with Gasteiger partial charge in [0.15, 0.2) is 0 Å². The van der Waals surface area contributed by atoms with E-state index in [1.807, 2.05) is 13.0 Å². The molecular formula is C12H16FN. The van der Waals surface area contributed by atoms with Crippen molar-refractivity contribution in [3.63, 3.8) is 0 Å². The minimum atomic E-state index is -0.174. The molecule has 0 spiro atoms. The van der Waals surface area contributed by atoms with E-state index in [4.69, 9.17) is 5.73 Å². The average Bonchev–Trinajstić information content (AvgIpc) is 2.00. The summed E-state index contributed by atoms with van der Waals surface area (Å²) in [5.74, 6) is 0.436. The predicted molar refractivity (Wildman–Crippen MR) is 55.4 cm³/mol. The maximum Gasteiger partial charge on any atom is 0.123 e. The molecule has 0 aliphatic heterocycles. The van der Waals surface area contributed by atoms with Crippen LogP contribution in [-0.4, -0.2) is 0 Å². The van der Waals surface area contributed by atoms with Gasteiger partial charge in [-0.05, 0) is 48.9 Å². The molecule has 1 aliphatic carbocycles. The molecule has 0 unspecified atom stereocenters. The zero-order valence-electron chi connectivity index (χ0n) is 8.46. The molecule has 1 aromatic rings. The van der Waals surface area contributed by atoms with Crippen LogP contribution in [0.4, 0.5) is 4.39 Å². The fraction of sp³-hybridized carbons (Fsp3) is 0.500. The van der Waals surface area contributed by atoms with Crippen molar-refractivity contribution in [2.24, 2.45) is 11.7 Å². The minimum Gasteiger partial charge on any atom is -0.324 e. The summed E-state index contributed by atoms with van der Waals surface area (Å²) in [4.78, 5) is 0. The Morgan fingerprint density at radius 3 is 2.64 bits per heavy atom. The standard InChI is InChI=1S/C12H16FN/c1-8-7-10(13)5-6-11(8)12(14)9-3-2-4-9/h5-7,9,12H,2-4,14H2,1H3/t12-/m1/s1. The maximum atomic E-state index is 12.9. The number of hydrogen-bond donors (Lipinski definition) is 1. The topological polar surface area (TPSA) is 26.0 Å². The van der Waals surface area contributed by atoms with Crippen molar-refractivity contribution in [1.82, 2.24) is 0 Å². The van der Waals surface area contributed by atoms with Crippen LogP contribution in [0.15, 0.2) is 18.2 Å². The van der Waals surface area contributed by atoms with Gasteiger partial charge in [-0.25, -0.2) is 4.39 Å². The number of benzene rings is 1. The molecule has 2 heteroatoms. The molecule has 2 rings (SSSR count). The predicted octanol–water partition coefficient (Wildman–Crippen LogP) is 2.93. The van der Waals surface area contributed by atoms with E-state index in [0.29, 0.717) is 5.92 Å². The van der Waals surface area contributed by atoms with Crippen LogP contribution in [-0.2, 0) is 0 Å². The highest BCUT2D eigenvalue weighted by Crippen LogP contribution is 2.37. The summed E-state index contributed by atoms with van der Waals surface area (Å²) < 4.78 is 12.9. The molecule has 1 aliphatic rings. The lowest BCUT2D eigenvalue weighted by atomic mass is 9.77. The molecule has 0 bridgehead atoms. The lowest BCUT2D eigenvalue weighted by Gasteiger charge is -2.32. The van der Waals surface area contributed by atoms with E-state index >= 15 is 0 Å². The molecule has 1 aromatic carbocycles. The summed E-state index contributed by atoms with van der Waals surface area (Å²) in [5.41, 5.74) is 8.21. The van der Waals surface area contributed by atoms with Gasteiger partial charge in [-0.1, -0.05) is 12.5 Å². The third-order valence-corrected chi connectivity index (χ3v) is 3.25. The molecule has 14 heavy (non-hydrogen) atoms. The molecule has 1 fully saturated rings. The van der Waals surface area contributed by atoms with E-state index < -0.39 is 0 Å². The van der Waals surface area contributed by atoms with Crippen LogP contribution in [0.25, 0.3) is 0 Å². The summed E-state index contributed by atoms with van der Waals surface area (Å²) in [5, 5.41) is 0. The Labute approximate surface area is 84.1 Å². The van der Waals surface area contributed by atoms with Crippen LogP contribution in [0.3, 0.4) is 0 Å². The van der Waals surface area contributed by atoms with E-state index in [1.54, 1.807) is 6.07 Å². The number of hydrogen-bond acceptors (Lipinski definition) is 1. The van der Waals surface area contributed by atoms with Crippen LogP contribution in [0.2, 0.25) is 0 Å². The number of nitrogens with two attached hydrogens (primary N) is 1. The number of aryl methyl sites for hydroxylation is 1. The van der Waals surface area contributed by atoms with Crippen molar-refractivity contribution in [3.05, 3.63) is 35.1 Å². The Kier molecular flexibility index (Phi) is 2.55. The smallest absolute Gasteiger partial charge is 0.123 e. The van der Waals surface area contributed by atoms with Crippen LogP contribution in [0.5, 0.6) is 0 Å². The molecule has 1 saturated carbocycles. The fourth-order valence-corrected chi connectivity index (χ4v) is 2.07. The van der Waals surface area contributed by atoms with Gasteiger partial charge in [-0.15, -0.1) is 0 Å². The van der Waals surface area contributed by atoms with Gasteiger partial charge in [0.25, 0.3) is 0 Å². The fourth-order valence-electron chi connectivity index (χ4n) is 2.07. The van der Waals surface area contributed by atoms with Gasteiger partial charge in [-0.2, -0.15) is 0 Å². The first-order chi connectivity index (χ1) is 6.68. The second-order valence-corrected chi connectivity index (χ2v) is 4.22. The Bertz CT molecular complexity index is 331. The molecule has 1 nitrogen and oxygen atoms in total. The molecular weight excluding hydrogens is 177 g/mol. The van der Waals surface area contributed by atoms with Crippen molar-refractivity contribution in [3.8, 4) is 0 Å². The Morgan fingerprint density at radius 2 is 2.14 bits per heavy atom. The normalized spacial score (nSPS) is 19.1. The minimum absolute atomic E-state index is 0.101. The van der Waals surface area contributed by atoms with Crippen molar-refractivity contribution in [2.75, 3.05) is 0 Å². The van der Waals surface area contributed by atoms with Crippen LogP contribution in [0.1, 0.15) is 36.4 Å². The first-order valence-electron chi connectivity index (χ1n) is 5.20. The summed E-state index contributed by atoms with van der Waals surface area (Å²) in [6.45, 7) is 1.93. The first-order valence-corrected chi connectivity index (χ1v) is 5.20. The highest BCUT2D eigenvalue weighted by Gasteiger charge is 2.26. The highest BCUT2D eigenvalue weighted by molar-refractivity contribution is 5.30. The van der Waals surface area contributed by atoms with E-state index in [0.717, 1.165) is 11.1 Å². The Morgan fingerprint density at radius 1 is 1.43 bits per heavy atom. The zero-order chi connectivity index (χ0) is 10.1. The maximum absolute atomic E-state index is 12.9. The van der Waals surface area contributed by atoms with Gasteiger partial charge in [0.05, 0.1) is 0 Å². The molecule has 76 valence electrons. The van der Waals surface area contributed by atoms with Crippen LogP contribution in [0, 0.1) is 18.7 Å². The highest BCUT2D eigenvalue weighted by atomic mass is 19.1. The summed E-state index contributed by atoms with van der Waals surface area (Å²) in [6, 6.07) is 4.99. The molecule has 1 atom stereocenters. The van der Waals surface area contributed by atoms with Gasteiger partial charge >= 0.3 is 0 Å². The second kappa shape index (κ2) is 3.70. The largest absolute Gasteiger partial charge is 0.324 e. The Balaban J connectivity index is 2.22. The van der Waals surface area contributed by atoms with Gasteiger partial charge in [-0.3, -0.25) is 0 Å². The lowest BCUT2D eigenvalue weighted by molar-refractivity contribution is 0.264. The SMILES string of the molecule is Cc1cc(F)ccc1[C@H](N)C1CCC1. The molecule has 0 amide bonds. The van der Waals surface area contributed by atoms with Gasteiger partial charge in [0.1, 0.15) is 5.82 Å². The summed E-state index contributed by atoms with van der Waals surface area (Å²) in [6.07, 6.45) is 3.73. The second-order valence-electron chi connectivity index (χ2n) is 4.22. The summed E-state index contributed by atoms with van der Waals surface area (Å²) in [7, 11) is 0. The molecule has 0 radical (unpaired) electrons.